The SMILES string of the molecule is FC(F)(F)c1cccc(CNCc2ccc3c(c2)OCCCO3)c1. The predicted molar refractivity (Wildman–Crippen MR) is 84.0 cm³/mol. The molecule has 0 fully saturated rings. The van der Waals surface area contributed by atoms with Gasteiger partial charge in [-0.2, -0.15) is 13.2 Å². The Bertz CT molecular complexity index is 701. The molecule has 0 unspecified atom stereocenters. The molecule has 3 nitrogen and oxygen atoms in total. The van der Waals surface area contributed by atoms with Crippen molar-refractivity contribution in [2.45, 2.75) is 25.7 Å². The zero-order valence-electron chi connectivity index (χ0n) is 13.0. The smallest absolute Gasteiger partial charge is 0.416 e. The number of nitrogens with one attached hydrogen (secondary N) is 1. The number of hydrogen-bond donors (Lipinski definition) is 1. The van der Waals surface area contributed by atoms with Gasteiger partial charge in [0.25, 0.3) is 0 Å². The summed E-state index contributed by atoms with van der Waals surface area (Å²) < 4.78 is 49.3. The number of hydrogen-bond acceptors (Lipinski definition) is 3. The maximum Gasteiger partial charge on any atom is 0.416 e. The van der Waals surface area contributed by atoms with Crippen LogP contribution in [0.3, 0.4) is 0 Å². The monoisotopic (exact) mass is 337 g/mol. The second kappa shape index (κ2) is 7.13. The van der Waals surface area contributed by atoms with E-state index in [2.05, 4.69) is 5.32 Å². The Morgan fingerprint density at radius 2 is 1.58 bits per heavy atom. The molecule has 1 aliphatic rings. The van der Waals surface area contributed by atoms with Crippen LogP contribution < -0.4 is 14.8 Å². The molecule has 0 atom stereocenters. The zero-order valence-corrected chi connectivity index (χ0v) is 13.0. The predicted octanol–water partition coefficient (Wildman–Crippen LogP) is 4.16. The first-order chi connectivity index (χ1) is 11.5. The number of ether oxygens (including phenoxy) is 2. The van der Waals surface area contributed by atoms with E-state index < -0.39 is 11.7 Å². The highest BCUT2D eigenvalue weighted by atomic mass is 19.4. The number of alkyl halides is 3. The molecule has 6 heteroatoms. The van der Waals surface area contributed by atoms with Gasteiger partial charge in [-0.05, 0) is 29.3 Å². The van der Waals surface area contributed by atoms with Gasteiger partial charge in [-0.3, -0.25) is 0 Å². The van der Waals surface area contributed by atoms with E-state index in [-0.39, 0.29) is 0 Å². The first kappa shape index (κ1) is 16.6. The third-order valence-electron chi connectivity index (χ3n) is 3.72. The van der Waals surface area contributed by atoms with Crippen molar-refractivity contribution in [2.75, 3.05) is 13.2 Å². The first-order valence-corrected chi connectivity index (χ1v) is 7.78. The Kier molecular flexibility index (Phi) is 4.94. The van der Waals surface area contributed by atoms with Gasteiger partial charge in [0.05, 0.1) is 18.8 Å². The molecule has 0 aliphatic carbocycles. The molecule has 0 bridgehead atoms. The summed E-state index contributed by atoms with van der Waals surface area (Å²) in [5.74, 6) is 1.44. The summed E-state index contributed by atoms with van der Waals surface area (Å²) in [6.45, 7) is 2.15. The molecule has 0 radical (unpaired) electrons. The summed E-state index contributed by atoms with van der Waals surface area (Å²) in [5.41, 5.74) is 0.961. The van der Waals surface area contributed by atoms with E-state index in [1.165, 1.54) is 12.1 Å². The molecular weight excluding hydrogens is 319 g/mol. The van der Waals surface area contributed by atoms with Crippen molar-refractivity contribution in [3.8, 4) is 11.5 Å². The van der Waals surface area contributed by atoms with Crippen LogP contribution in [0.25, 0.3) is 0 Å². The third-order valence-corrected chi connectivity index (χ3v) is 3.72. The van der Waals surface area contributed by atoms with E-state index >= 15 is 0 Å². The molecule has 1 N–H and O–H groups in total. The largest absolute Gasteiger partial charge is 0.490 e. The van der Waals surface area contributed by atoms with Gasteiger partial charge in [0.2, 0.25) is 0 Å². The lowest BCUT2D eigenvalue weighted by Crippen LogP contribution is -2.14. The van der Waals surface area contributed by atoms with Crippen LogP contribution in [0.2, 0.25) is 0 Å². The van der Waals surface area contributed by atoms with Crippen LogP contribution >= 0.6 is 0 Å². The van der Waals surface area contributed by atoms with Gasteiger partial charge in [-0.1, -0.05) is 24.3 Å². The Labute approximate surface area is 138 Å². The minimum absolute atomic E-state index is 0.359. The molecule has 1 heterocycles. The Balaban J connectivity index is 1.60. The minimum atomic E-state index is -4.32. The van der Waals surface area contributed by atoms with E-state index in [0.29, 0.717) is 37.6 Å². The van der Waals surface area contributed by atoms with Crippen molar-refractivity contribution in [1.82, 2.24) is 5.32 Å². The number of rotatable bonds is 4. The van der Waals surface area contributed by atoms with Crippen molar-refractivity contribution < 1.29 is 22.6 Å². The fourth-order valence-corrected chi connectivity index (χ4v) is 2.53. The van der Waals surface area contributed by atoms with Crippen LogP contribution in [0, 0.1) is 0 Å². The van der Waals surface area contributed by atoms with Crippen LogP contribution in [0.15, 0.2) is 42.5 Å². The van der Waals surface area contributed by atoms with Gasteiger partial charge >= 0.3 is 6.18 Å². The summed E-state index contributed by atoms with van der Waals surface area (Å²) in [6, 6.07) is 11.0. The lowest BCUT2D eigenvalue weighted by Gasteiger charge is -2.11. The molecule has 2 aromatic carbocycles. The molecule has 24 heavy (non-hydrogen) atoms. The molecule has 0 saturated carbocycles. The summed E-state index contributed by atoms with van der Waals surface area (Å²) in [4.78, 5) is 0. The fraction of sp³-hybridized carbons (Fsp3) is 0.333. The molecule has 1 aliphatic heterocycles. The fourth-order valence-electron chi connectivity index (χ4n) is 2.53. The topological polar surface area (TPSA) is 30.5 Å². The Morgan fingerprint density at radius 3 is 2.33 bits per heavy atom. The van der Waals surface area contributed by atoms with Crippen LogP contribution in [0.4, 0.5) is 13.2 Å². The summed E-state index contributed by atoms with van der Waals surface area (Å²) in [5, 5.41) is 3.16. The Hall–Kier alpha value is -2.21. The summed E-state index contributed by atoms with van der Waals surface area (Å²) >= 11 is 0. The van der Waals surface area contributed by atoms with Crippen LogP contribution in [0.5, 0.6) is 11.5 Å². The molecule has 0 saturated heterocycles. The number of benzene rings is 2. The van der Waals surface area contributed by atoms with Gasteiger partial charge in [-0.25, -0.2) is 0 Å². The number of fused-ring (bicyclic) bond motifs is 1. The van der Waals surface area contributed by atoms with Crippen molar-refractivity contribution in [3.05, 3.63) is 59.2 Å². The Morgan fingerprint density at radius 1 is 0.875 bits per heavy atom. The molecular formula is C18H18F3NO2. The standard InChI is InChI=1S/C18H18F3NO2/c19-18(20,21)15-4-1-3-13(9-15)11-22-12-14-5-6-16-17(10-14)24-8-2-7-23-16/h1,3-6,9-10,22H,2,7-8,11-12H2. The minimum Gasteiger partial charge on any atom is -0.490 e. The van der Waals surface area contributed by atoms with Crippen molar-refractivity contribution in [2.24, 2.45) is 0 Å². The van der Waals surface area contributed by atoms with Gasteiger partial charge in [0.15, 0.2) is 11.5 Å². The van der Waals surface area contributed by atoms with Gasteiger partial charge in [0.1, 0.15) is 0 Å². The highest BCUT2D eigenvalue weighted by Crippen LogP contribution is 2.31. The number of halogens is 3. The molecule has 0 spiro atoms. The highest BCUT2D eigenvalue weighted by molar-refractivity contribution is 5.43. The average molecular weight is 337 g/mol. The molecule has 0 aromatic heterocycles. The molecule has 2 aromatic rings. The van der Waals surface area contributed by atoms with Gasteiger partial charge < -0.3 is 14.8 Å². The maximum atomic E-state index is 12.7. The third kappa shape index (κ3) is 4.20. The van der Waals surface area contributed by atoms with E-state index in [0.717, 1.165) is 23.8 Å². The van der Waals surface area contributed by atoms with Gasteiger partial charge in [-0.15, -0.1) is 0 Å². The van der Waals surface area contributed by atoms with Crippen molar-refractivity contribution in [1.29, 1.82) is 0 Å². The van der Waals surface area contributed by atoms with Crippen LogP contribution in [-0.4, -0.2) is 13.2 Å². The van der Waals surface area contributed by atoms with Crippen molar-refractivity contribution >= 4 is 0 Å². The molecule has 3 rings (SSSR count). The molecule has 0 amide bonds. The summed E-state index contributed by atoms with van der Waals surface area (Å²) in [7, 11) is 0. The average Bonchev–Trinajstić information content (AvgIpc) is 2.79. The molecule has 128 valence electrons. The van der Waals surface area contributed by atoms with Crippen LogP contribution in [0.1, 0.15) is 23.1 Å². The highest BCUT2D eigenvalue weighted by Gasteiger charge is 2.30. The normalized spacial score (nSPS) is 14.3. The van der Waals surface area contributed by atoms with E-state index in [1.54, 1.807) is 6.07 Å². The zero-order chi connectivity index (χ0) is 17.0. The second-order valence-electron chi connectivity index (χ2n) is 5.63. The van der Waals surface area contributed by atoms with E-state index in [9.17, 15) is 13.2 Å². The summed E-state index contributed by atoms with van der Waals surface area (Å²) in [6.07, 6.45) is -3.47. The van der Waals surface area contributed by atoms with E-state index in [1.807, 2.05) is 18.2 Å². The lowest BCUT2D eigenvalue weighted by molar-refractivity contribution is -0.137. The van der Waals surface area contributed by atoms with E-state index in [4.69, 9.17) is 9.47 Å². The lowest BCUT2D eigenvalue weighted by atomic mass is 10.1. The van der Waals surface area contributed by atoms with Gasteiger partial charge in [0, 0.05) is 19.5 Å². The van der Waals surface area contributed by atoms with Crippen molar-refractivity contribution in [3.63, 3.8) is 0 Å². The quantitative estimate of drug-likeness (QED) is 0.909. The maximum absolute atomic E-state index is 12.7. The first-order valence-electron chi connectivity index (χ1n) is 7.78. The van der Waals surface area contributed by atoms with Crippen LogP contribution in [-0.2, 0) is 19.3 Å². The second-order valence-corrected chi connectivity index (χ2v) is 5.63.